The van der Waals surface area contributed by atoms with Crippen molar-refractivity contribution < 1.29 is 4.79 Å². The largest absolute Gasteiger partial charge is 0.338 e. The summed E-state index contributed by atoms with van der Waals surface area (Å²) in [5.41, 5.74) is 0. The minimum Gasteiger partial charge on any atom is -0.338 e. The van der Waals surface area contributed by atoms with E-state index in [1.807, 2.05) is 6.92 Å². The first kappa shape index (κ1) is 10.4. The highest BCUT2D eigenvalue weighted by atomic mass is 16.2. The van der Waals surface area contributed by atoms with Crippen molar-refractivity contribution in [3.63, 3.8) is 0 Å². The van der Waals surface area contributed by atoms with Gasteiger partial charge in [-0.1, -0.05) is 13.8 Å². The lowest BCUT2D eigenvalue weighted by atomic mass is 9.98. The van der Waals surface area contributed by atoms with Crippen LogP contribution in [0.4, 0.5) is 4.79 Å². The van der Waals surface area contributed by atoms with Gasteiger partial charge in [-0.05, 0) is 31.6 Å². The average molecular weight is 184 g/mol. The summed E-state index contributed by atoms with van der Waals surface area (Å²) in [5, 5.41) is 5.77. The van der Waals surface area contributed by atoms with Crippen molar-refractivity contribution in [3.05, 3.63) is 0 Å². The van der Waals surface area contributed by atoms with Gasteiger partial charge in [0.25, 0.3) is 0 Å². The van der Waals surface area contributed by atoms with E-state index in [0.717, 1.165) is 12.3 Å². The molecule has 3 heteroatoms. The van der Waals surface area contributed by atoms with E-state index >= 15 is 0 Å². The molecule has 2 N–H and O–H groups in total. The molecule has 1 aliphatic carbocycles. The molecule has 0 aromatic carbocycles. The fraction of sp³-hybridized carbons (Fsp3) is 0.900. The monoisotopic (exact) mass is 184 g/mol. The number of amides is 2. The van der Waals surface area contributed by atoms with Gasteiger partial charge in [-0.15, -0.1) is 0 Å². The third-order valence-electron chi connectivity index (χ3n) is 3.12. The van der Waals surface area contributed by atoms with E-state index in [0.29, 0.717) is 18.5 Å². The second-order valence-electron chi connectivity index (χ2n) is 4.02. The molecule has 0 aromatic rings. The molecule has 1 fully saturated rings. The van der Waals surface area contributed by atoms with E-state index < -0.39 is 0 Å². The van der Waals surface area contributed by atoms with Gasteiger partial charge in [0, 0.05) is 12.6 Å². The number of hydrogen-bond donors (Lipinski definition) is 2. The van der Waals surface area contributed by atoms with Crippen LogP contribution in [0.25, 0.3) is 0 Å². The Balaban J connectivity index is 2.33. The maximum absolute atomic E-state index is 11.2. The Kier molecular flexibility index (Phi) is 3.58. The molecule has 1 aliphatic rings. The summed E-state index contributed by atoms with van der Waals surface area (Å²) in [7, 11) is 0. The smallest absolute Gasteiger partial charge is 0.315 e. The molecule has 0 aliphatic heterocycles. The van der Waals surface area contributed by atoms with Crippen LogP contribution in [0.5, 0.6) is 0 Å². The predicted molar refractivity (Wildman–Crippen MR) is 53.6 cm³/mol. The summed E-state index contributed by atoms with van der Waals surface area (Å²) < 4.78 is 0. The Morgan fingerprint density at radius 1 is 1.38 bits per heavy atom. The molecule has 0 heterocycles. The quantitative estimate of drug-likeness (QED) is 0.674. The van der Waals surface area contributed by atoms with Crippen LogP contribution in [0.15, 0.2) is 0 Å². The SMILES string of the molecule is CCNC(=O)NC1CCC(C)C1C. The number of rotatable bonds is 2. The second-order valence-corrected chi connectivity index (χ2v) is 4.02. The summed E-state index contributed by atoms with van der Waals surface area (Å²) in [6, 6.07) is 0.356. The number of carbonyl (C=O) groups excluding carboxylic acids is 1. The molecule has 1 rings (SSSR count). The van der Waals surface area contributed by atoms with Gasteiger partial charge in [0.2, 0.25) is 0 Å². The molecule has 0 spiro atoms. The molecule has 0 aromatic heterocycles. The van der Waals surface area contributed by atoms with Crippen molar-refractivity contribution in [2.45, 2.75) is 39.7 Å². The van der Waals surface area contributed by atoms with Crippen LogP contribution in [-0.2, 0) is 0 Å². The highest BCUT2D eigenvalue weighted by Gasteiger charge is 2.30. The number of hydrogen-bond acceptors (Lipinski definition) is 1. The Labute approximate surface area is 80.3 Å². The molecule has 0 saturated heterocycles. The maximum atomic E-state index is 11.2. The second kappa shape index (κ2) is 4.49. The predicted octanol–water partition coefficient (Wildman–Crippen LogP) is 1.74. The Morgan fingerprint density at radius 2 is 2.08 bits per heavy atom. The first-order valence-corrected chi connectivity index (χ1v) is 5.19. The van der Waals surface area contributed by atoms with Crippen molar-refractivity contribution in [3.8, 4) is 0 Å². The van der Waals surface area contributed by atoms with E-state index in [-0.39, 0.29) is 6.03 Å². The van der Waals surface area contributed by atoms with Crippen molar-refractivity contribution in [1.29, 1.82) is 0 Å². The van der Waals surface area contributed by atoms with Gasteiger partial charge in [-0.25, -0.2) is 4.79 Å². The third kappa shape index (κ3) is 2.61. The Morgan fingerprint density at radius 3 is 2.54 bits per heavy atom. The van der Waals surface area contributed by atoms with Crippen molar-refractivity contribution in [2.75, 3.05) is 6.54 Å². The van der Waals surface area contributed by atoms with Crippen LogP contribution in [0.2, 0.25) is 0 Å². The highest BCUT2D eigenvalue weighted by molar-refractivity contribution is 5.74. The van der Waals surface area contributed by atoms with Crippen molar-refractivity contribution >= 4 is 6.03 Å². The molecular weight excluding hydrogens is 164 g/mol. The van der Waals surface area contributed by atoms with Gasteiger partial charge in [0.05, 0.1) is 0 Å². The third-order valence-corrected chi connectivity index (χ3v) is 3.12. The zero-order valence-electron chi connectivity index (χ0n) is 8.76. The van der Waals surface area contributed by atoms with Crippen LogP contribution in [0, 0.1) is 11.8 Å². The summed E-state index contributed by atoms with van der Waals surface area (Å²) in [4.78, 5) is 11.2. The van der Waals surface area contributed by atoms with Crippen LogP contribution in [0.3, 0.4) is 0 Å². The minimum absolute atomic E-state index is 0.0200. The van der Waals surface area contributed by atoms with E-state index in [9.17, 15) is 4.79 Å². The molecule has 0 radical (unpaired) electrons. The lowest BCUT2D eigenvalue weighted by Gasteiger charge is -2.19. The molecule has 3 atom stereocenters. The molecule has 76 valence electrons. The van der Waals surface area contributed by atoms with Crippen LogP contribution in [0.1, 0.15) is 33.6 Å². The molecular formula is C10H20N2O. The standard InChI is InChI=1S/C10H20N2O/c1-4-11-10(13)12-9-6-5-7(2)8(9)3/h7-9H,4-6H2,1-3H3,(H2,11,12,13). The van der Waals surface area contributed by atoms with Gasteiger partial charge in [-0.3, -0.25) is 0 Å². The lowest BCUT2D eigenvalue weighted by Crippen LogP contribution is -2.43. The zero-order valence-corrected chi connectivity index (χ0v) is 8.76. The Bertz CT molecular complexity index is 182. The van der Waals surface area contributed by atoms with E-state index in [1.54, 1.807) is 0 Å². The molecule has 3 unspecified atom stereocenters. The van der Waals surface area contributed by atoms with E-state index in [2.05, 4.69) is 24.5 Å². The average Bonchev–Trinajstić information content (AvgIpc) is 2.37. The number of urea groups is 1. The molecule has 13 heavy (non-hydrogen) atoms. The minimum atomic E-state index is -0.0200. The zero-order chi connectivity index (χ0) is 9.84. The first-order valence-electron chi connectivity index (χ1n) is 5.19. The Hall–Kier alpha value is -0.730. The highest BCUT2D eigenvalue weighted by Crippen LogP contribution is 2.30. The summed E-state index contributed by atoms with van der Waals surface area (Å²) in [6.07, 6.45) is 2.36. The number of nitrogens with one attached hydrogen (secondary N) is 2. The van der Waals surface area contributed by atoms with Gasteiger partial charge in [-0.2, -0.15) is 0 Å². The fourth-order valence-electron chi connectivity index (χ4n) is 1.95. The van der Waals surface area contributed by atoms with Crippen LogP contribution in [-0.4, -0.2) is 18.6 Å². The summed E-state index contributed by atoms with van der Waals surface area (Å²) in [5.74, 6) is 1.36. The van der Waals surface area contributed by atoms with Crippen molar-refractivity contribution in [2.24, 2.45) is 11.8 Å². The van der Waals surface area contributed by atoms with Gasteiger partial charge in [0.1, 0.15) is 0 Å². The van der Waals surface area contributed by atoms with Crippen LogP contribution >= 0.6 is 0 Å². The van der Waals surface area contributed by atoms with Gasteiger partial charge < -0.3 is 10.6 Å². The summed E-state index contributed by atoms with van der Waals surface area (Å²) in [6.45, 7) is 7.10. The summed E-state index contributed by atoms with van der Waals surface area (Å²) >= 11 is 0. The van der Waals surface area contributed by atoms with Crippen molar-refractivity contribution in [1.82, 2.24) is 10.6 Å². The van der Waals surface area contributed by atoms with Gasteiger partial charge in [0.15, 0.2) is 0 Å². The molecule has 2 amide bonds. The van der Waals surface area contributed by atoms with E-state index in [1.165, 1.54) is 6.42 Å². The van der Waals surface area contributed by atoms with Gasteiger partial charge >= 0.3 is 6.03 Å². The number of carbonyl (C=O) groups is 1. The molecule has 0 bridgehead atoms. The molecule has 1 saturated carbocycles. The first-order chi connectivity index (χ1) is 6.15. The lowest BCUT2D eigenvalue weighted by molar-refractivity contribution is 0.233. The maximum Gasteiger partial charge on any atom is 0.315 e. The van der Waals surface area contributed by atoms with Crippen LogP contribution < -0.4 is 10.6 Å². The normalized spacial score (nSPS) is 33.0. The fourth-order valence-corrected chi connectivity index (χ4v) is 1.95. The topological polar surface area (TPSA) is 41.1 Å². The molecule has 3 nitrogen and oxygen atoms in total. The van der Waals surface area contributed by atoms with E-state index in [4.69, 9.17) is 0 Å².